The number of aliphatic hydroxyl groups is 2. The summed E-state index contributed by atoms with van der Waals surface area (Å²) in [7, 11) is 0. The molecule has 0 bridgehead atoms. The van der Waals surface area contributed by atoms with Crippen molar-refractivity contribution in [3.05, 3.63) is 29.0 Å². The number of aliphatic hydroxyl groups excluding tert-OH is 2. The molecular formula is C13H16BrN3O2. The van der Waals surface area contributed by atoms with Gasteiger partial charge in [-0.1, -0.05) is 6.92 Å². The summed E-state index contributed by atoms with van der Waals surface area (Å²) < 4.78 is 0.857. The first-order valence-electron chi connectivity index (χ1n) is 6.04. The predicted octanol–water partition coefficient (Wildman–Crippen LogP) is 1.94. The van der Waals surface area contributed by atoms with E-state index in [1.54, 1.807) is 18.5 Å². The van der Waals surface area contributed by atoms with Crippen molar-refractivity contribution in [1.82, 2.24) is 9.97 Å². The monoisotopic (exact) mass is 325 g/mol. The number of anilines is 1. The minimum absolute atomic E-state index is 0.152. The summed E-state index contributed by atoms with van der Waals surface area (Å²) in [6.07, 6.45) is 3.97. The predicted molar refractivity (Wildman–Crippen MR) is 78.1 cm³/mol. The summed E-state index contributed by atoms with van der Waals surface area (Å²) in [4.78, 5) is 8.59. The zero-order chi connectivity index (χ0) is 13.9. The molecule has 5 nitrogen and oxygen atoms in total. The third-order valence-corrected chi connectivity index (χ3v) is 3.66. The average Bonchev–Trinajstić information content (AvgIpc) is 2.44. The van der Waals surface area contributed by atoms with Gasteiger partial charge in [0, 0.05) is 16.9 Å². The van der Waals surface area contributed by atoms with Crippen LogP contribution in [0.25, 0.3) is 11.0 Å². The molecule has 0 aromatic carbocycles. The van der Waals surface area contributed by atoms with Gasteiger partial charge in [0.15, 0.2) is 0 Å². The molecule has 2 aromatic rings. The van der Waals surface area contributed by atoms with E-state index in [4.69, 9.17) is 0 Å². The summed E-state index contributed by atoms with van der Waals surface area (Å²) in [5.41, 5.74) is 1.47. The van der Waals surface area contributed by atoms with Gasteiger partial charge < -0.3 is 15.5 Å². The van der Waals surface area contributed by atoms with Crippen molar-refractivity contribution in [2.45, 2.75) is 18.9 Å². The van der Waals surface area contributed by atoms with Crippen LogP contribution in [-0.4, -0.2) is 38.9 Å². The molecule has 0 aliphatic rings. The number of pyridine rings is 2. The molecule has 0 fully saturated rings. The van der Waals surface area contributed by atoms with E-state index in [-0.39, 0.29) is 13.2 Å². The van der Waals surface area contributed by atoms with Gasteiger partial charge in [0.2, 0.25) is 0 Å². The number of halogens is 1. The van der Waals surface area contributed by atoms with Crippen molar-refractivity contribution in [1.29, 1.82) is 0 Å². The van der Waals surface area contributed by atoms with E-state index >= 15 is 0 Å². The largest absolute Gasteiger partial charge is 0.394 e. The molecule has 0 unspecified atom stereocenters. The summed E-state index contributed by atoms with van der Waals surface area (Å²) in [5.74, 6) is 0. The fourth-order valence-electron chi connectivity index (χ4n) is 1.83. The van der Waals surface area contributed by atoms with E-state index in [0.29, 0.717) is 11.9 Å². The molecule has 0 radical (unpaired) electrons. The Morgan fingerprint density at radius 1 is 1.32 bits per heavy atom. The van der Waals surface area contributed by atoms with Crippen LogP contribution in [0.4, 0.5) is 5.69 Å². The standard InChI is InChI=1S/C13H16BrN3O2/c1-2-13(7-18,8-19)17-10-3-4-15-11-5-9(14)6-16-12(10)11/h3-6,18-19H,2,7-8H2,1H3,(H,15,17). The normalized spacial score (nSPS) is 11.8. The van der Waals surface area contributed by atoms with Crippen molar-refractivity contribution in [3.8, 4) is 0 Å². The summed E-state index contributed by atoms with van der Waals surface area (Å²) in [5, 5.41) is 22.2. The van der Waals surface area contributed by atoms with Crippen LogP contribution in [0.2, 0.25) is 0 Å². The van der Waals surface area contributed by atoms with Crippen LogP contribution in [-0.2, 0) is 0 Å². The second-order valence-corrected chi connectivity index (χ2v) is 5.37. The Kier molecular flexibility index (Phi) is 4.34. The molecule has 0 saturated heterocycles. The lowest BCUT2D eigenvalue weighted by Crippen LogP contribution is -2.45. The highest BCUT2D eigenvalue weighted by Gasteiger charge is 2.27. The summed E-state index contributed by atoms with van der Waals surface area (Å²) in [6, 6.07) is 3.66. The lowest BCUT2D eigenvalue weighted by atomic mass is 9.98. The molecule has 102 valence electrons. The molecule has 6 heteroatoms. The highest BCUT2D eigenvalue weighted by atomic mass is 79.9. The number of hydrogen-bond donors (Lipinski definition) is 3. The van der Waals surface area contributed by atoms with Crippen molar-refractivity contribution < 1.29 is 10.2 Å². The maximum atomic E-state index is 9.49. The molecule has 0 aliphatic carbocycles. The molecular weight excluding hydrogens is 310 g/mol. The van der Waals surface area contributed by atoms with Gasteiger partial charge in [-0.2, -0.15) is 0 Å². The highest BCUT2D eigenvalue weighted by Crippen LogP contribution is 2.25. The first kappa shape index (κ1) is 14.2. The van der Waals surface area contributed by atoms with Crippen molar-refractivity contribution in [2.75, 3.05) is 18.5 Å². The minimum Gasteiger partial charge on any atom is -0.394 e. The smallest absolute Gasteiger partial charge is 0.112 e. The molecule has 0 amide bonds. The van der Waals surface area contributed by atoms with Crippen LogP contribution in [0.5, 0.6) is 0 Å². The van der Waals surface area contributed by atoms with Gasteiger partial charge in [-0.3, -0.25) is 9.97 Å². The van der Waals surface area contributed by atoms with E-state index in [1.807, 2.05) is 13.0 Å². The average molecular weight is 326 g/mol. The SMILES string of the molecule is CCC(CO)(CO)Nc1ccnc2cc(Br)cnc12. The maximum absolute atomic E-state index is 9.49. The van der Waals surface area contributed by atoms with Gasteiger partial charge in [0.05, 0.1) is 30.0 Å². The molecule has 0 aliphatic heterocycles. The van der Waals surface area contributed by atoms with E-state index in [2.05, 4.69) is 31.2 Å². The van der Waals surface area contributed by atoms with Crippen LogP contribution < -0.4 is 5.32 Å². The Morgan fingerprint density at radius 2 is 2.05 bits per heavy atom. The maximum Gasteiger partial charge on any atom is 0.112 e. The third-order valence-electron chi connectivity index (χ3n) is 3.23. The van der Waals surface area contributed by atoms with Gasteiger partial charge in [-0.15, -0.1) is 0 Å². The van der Waals surface area contributed by atoms with Gasteiger partial charge >= 0.3 is 0 Å². The Morgan fingerprint density at radius 3 is 2.68 bits per heavy atom. The van der Waals surface area contributed by atoms with Gasteiger partial charge in [-0.25, -0.2) is 0 Å². The molecule has 0 atom stereocenters. The fourth-order valence-corrected chi connectivity index (χ4v) is 2.15. The molecule has 2 rings (SSSR count). The van der Waals surface area contributed by atoms with E-state index in [0.717, 1.165) is 15.7 Å². The summed E-state index contributed by atoms with van der Waals surface area (Å²) >= 11 is 3.36. The summed E-state index contributed by atoms with van der Waals surface area (Å²) in [6.45, 7) is 1.60. The lowest BCUT2D eigenvalue weighted by Gasteiger charge is -2.31. The number of fused-ring (bicyclic) bond motifs is 1. The molecule has 0 spiro atoms. The van der Waals surface area contributed by atoms with Crippen LogP contribution in [0.3, 0.4) is 0 Å². The van der Waals surface area contributed by atoms with E-state index in [1.165, 1.54) is 0 Å². The number of rotatable bonds is 5. The minimum atomic E-state index is -0.747. The van der Waals surface area contributed by atoms with Crippen LogP contribution in [0, 0.1) is 0 Å². The quantitative estimate of drug-likeness (QED) is 0.783. The number of aromatic nitrogens is 2. The first-order chi connectivity index (χ1) is 9.14. The van der Waals surface area contributed by atoms with E-state index < -0.39 is 5.54 Å². The highest BCUT2D eigenvalue weighted by molar-refractivity contribution is 9.10. The molecule has 19 heavy (non-hydrogen) atoms. The Hall–Kier alpha value is -1.24. The fraction of sp³-hybridized carbons (Fsp3) is 0.385. The lowest BCUT2D eigenvalue weighted by molar-refractivity contribution is 0.132. The van der Waals surface area contributed by atoms with Crippen LogP contribution >= 0.6 is 15.9 Å². The van der Waals surface area contributed by atoms with Crippen molar-refractivity contribution in [3.63, 3.8) is 0 Å². The Bertz CT molecular complexity index is 565. The van der Waals surface area contributed by atoms with Crippen LogP contribution in [0.1, 0.15) is 13.3 Å². The van der Waals surface area contributed by atoms with Crippen molar-refractivity contribution >= 4 is 32.7 Å². The molecule has 3 N–H and O–H groups in total. The topological polar surface area (TPSA) is 78.3 Å². The van der Waals surface area contributed by atoms with Gasteiger partial charge in [0.25, 0.3) is 0 Å². The number of hydrogen-bond acceptors (Lipinski definition) is 5. The molecule has 2 aromatic heterocycles. The second-order valence-electron chi connectivity index (χ2n) is 4.45. The number of nitrogens with zero attached hydrogens (tertiary/aromatic N) is 2. The van der Waals surface area contributed by atoms with Crippen LogP contribution in [0.15, 0.2) is 29.0 Å². The first-order valence-corrected chi connectivity index (χ1v) is 6.83. The zero-order valence-corrected chi connectivity index (χ0v) is 12.2. The van der Waals surface area contributed by atoms with Crippen molar-refractivity contribution in [2.24, 2.45) is 0 Å². The third kappa shape index (κ3) is 2.86. The molecule has 0 saturated carbocycles. The zero-order valence-electron chi connectivity index (χ0n) is 10.6. The number of nitrogens with one attached hydrogen (secondary N) is 1. The molecule has 2 heterocycles. The Labute approximate surface area is 119 Å². The van der Waals surface area contributed by atoms with Gasteiger partial charge in [-0.05, 0) is 34.5 Å². The van der Waals surface area contributed by atoms with Gasteiger partial charge in [0.1, 0.15) is 5.52 Å². The van der Waals surface area contributed by atoms with E-state index in [9.17, 15) is 10.2 Å². The second kappa shape index (κ2) is 5.81. The Balaban J connectivity index is 2.45.